The number of furan rings is 1. The topological polar surface area (TPSA) is 103 Å². The van der Waals surface area contributed by atoms with Gasteiger partial charge in [-0.1, -0.05) is 23.9 Å². The second kappa shape index (κ2) is 9.17. The van der Waals surface area contributed by atoms with Gasteiger partial charge < -0.3 is 13.7 Å². The highest BCUT2D eigenvalue weighted by atomic mass is 32.2. The van der Waals surface area contributed by atoms with Crippen molar-refractivity contribution in [1.82, 2.24) is 9.55 Å². The number of ether oxygens (including phenoxy) is 1. The average molecular weight is 429 g/mol. The minimum Gasteiger partial charge on any atom is -0.462 e. The maximum Gasteiger partial charge on any atom is 0.344 e. The molecule has 0 atom stereocenters. The highest BCUT2D eigenvalue weighted by Crippen LogP contribution is 2.29. The molecule has 0 saturated heterocycles. The molecular formula is C21H23N3O5S. The van der Waals surface area contributed by atoms with Crippen LogP contribution in [0, 0.1) is 6.92 Å². The standard InChI is InChI=1S/C21H23N3O5S/c1-5-24-15-10-8-7-9-14(15)22-21(24)30-11-16(26)23-19-18(20(27)28-6-2)17(12(3)25)13(4)29-19/h7-10H,5-6,11H2,1-4H3,(H,23,26). The molecule has 0 fully saturated rings. The fourth-order valence-electron chi connectivity index (χ4n) is 3.22. The van der Waals surface area contributed by atoms with Gasteiger partial charge in [0.25, 0.3) is 0 Å². The summed E-state index contributed by atoms with van der Waals surface area (Å²) < 4.78 is 12.6. The third-order valence-corrected chi connectivity index (χ3v) is 5.41. The number of Topliss-reactive ketones (excluding diaryl/α,β-unsaturated/α-hetero) is 1. The van der Waals surface area contributed by atoms with Gasteiger partial charge >= 0.3 is 5.97 Å². The Morgan fingerprint density at radius 1 is 1.20 bits per heavy atom. The Morgan fingerprint density at radius 2 is 1.93 bits per heavy atom. The summed E-state index contributed by atoms with van der Waals surface area (Å²) in [4.78, 5) is 41.4. The van der Waals surface area contributed by atoms with Crippen molar-refractivity contribution in [2.45, 2.75) is 39.4 Å². The quantitative estimate of drug-likeness (QED) is 0.327. The number of thioether (sulfide) groups is 1. The van der Waals surface area contributed by atoms with Gasteiger partial charge in [-0.2, -0.15) is 0 Å². The van der Waals surface area contributed by atoms with Crippen LogP contribution in [0.4, 0.5) is 5.88 Å². The van der Waals surface area contributed by atoms with E-state index < -0.39 is 5.97 Å². The number of esters is 1. The van der Waals surface area contributed by atoms with Crippen LogP contribution in [0.1, 0.15) is 47.2 Å². The Kier molecular flexibility index (Phi) is 6.61. The maximum absolute atomic E-state index is 12.6. The molecule has 3 rings (SSSR count). The first-order valence-corrected chi connectivity index (χ1v) is 10.5. The average Bonchev–Trinajstić information content (AvgIpc) is 3.23. The molecular weight excluding hydrogens is 406 g/mol. The molecule has 0 spiro atoms. The van der Waals surface area contributed by atoms with Crippen molar-refractivity contribution in [2.75, 3.05) is 17.7 Å². The second-order valence-corrected chi connectivity index (χ2v) is 7.42. The van der Waals surface area contributed by atoms with E-state index in [1.54, 1.807) is 13.8 Å². The molecule has 1 amide bonds. The van der Waals surface area contributed by atoms with Gasteiger partial charge in [-0.05, 0) is 39.8 Å². The van der Waals surface area contributed by atoms with Gasteiger partial charge in [-0.25, -0.2) is 9.78 Å². The Balaban J connectivity index is 1.79. The van der Waals surface area contributed by atoms with Gasteiger partial charge in [0.2, 0.25) is 11.8 Å². The van der Waals surface area contributed by atoms with Crippen molar-refractivity contribution in [2.24, 2.45) is 0 Å². The number of nitrogens with one attached hydrogen (secondary N) is 1. The van der Waals surface area contributed by atoms with Crippen molar-refractivity contribution in [3.63, 3.8) is 0 Å². The molecule has 0 radical (unpaired) electrons. The number of anilines is 1. The van der Waals surface area contributed by atoms with Gasteiger partial charge in [0.05, 0.1) is 29.0 Å². The summed E-state index contributed by atoms with van der Waals surface area (Å²) in [6, 6.07) is 7.77. The normalized spacial score (nSPS) is 10.9. The summed E-state index contributed by atoms with van der Waals surface area (Å²) in [6.45, 7) is 7.42. The summed E-state index contributed by atoms with van der Waals surface area (Å²) in [6.07, 6.45) is 0. The summed E-state index contributed by atoms with van der Waals surface area (Å²) >= 11 is 1.28. The molecule has 1 N–H and O–H groups in total. The van der Waals surface area contributed by atoms with E-state index in [4.69, 9.17) is 9.15 Å². The van der Waals surface area contributed by atoms with E-state index in [0.717, 1.165) is 22.7 Å². The number of fused-ring (bicyclic) bond motifs is 1. The number of para-hydroxylation sites is 2. The van der Waals surface area contributed by atoms with E-state index >= 15 is 0 Å². The lowest BCUT2D eigenvalue weighted by molar-refractivity contribution is -0.113. The van der Waals surface area contributed by atoms with Crippen molar-refractivity contribution < 1.29 is 23.5 Å². The number of imidazole rings is 1. The summed E-state index contributed by atoms with van der Waals surface area (Å²) in [5.74, 6) is -1.21. The number of nitrogens with zero attached hydrogens (tertiary/aromatic N) is 2. The number of benzene rings is 1. The number of carbonyl (C=O) groups is 3. The number of aryl methyl sites for hydroxylation is 2. The minimum atomic E-state index is -0.713. The molecule has 30 heavy (non-hydrogen) atoms. The van der Waals surface area contributed by atoms with Gasteiger partial charge in [0, 0.05) is 6.54 Å². The lowest BCUT2D eigenvalue weighted by Gasteiger charge is -2.07. The molecule has 0 aliphatic carbocycles. The van der Waals surface area contributed by atoms with Gasteiger partial charge in [0.1, 0.15) is 11.3 Å². The van der Waals surface area contributed by atoms with Crippen LogP contribution in [0.15, 0.2) is 33.8 Å². The highest BCUT2D eigenvalue weighted by Gasteiger charge is 2.28. The van der Waals surface area contributed by atoms with Crippen LogP contribution < -0.4 is 5.32 Å². The molecule has 0 aliphatic heterocycles. The van der Waals surface area contributed by atoms with Crippen molar-refractivity contribution in [3.8, 4) is 0 Å². The minimum absolute atomic E-state index is 0.0546. The van der Waals surface area contributed by atoms with Crippen molar-refractivity contribution >= 4 is 46.3 Å². The lowest BCUT2D eigenvalue weighted by atomic mass is 10.1. The first-order valence-electron chi connectivity index (χ1n) is 9.56. The number of hydrogen-bond donors (Lipinski definition) is 1. The molecule has 0 bridgehead atoms. The van der Waals surface area contributed by atoms with E-state index in [1.165, 1.54) is 18.7 Å². The van der Waals surface area contributed by atoms with Crippen LogP contribution in [0.25, 0.3) is 11.0 Å². The largest absolute Gasteiger partial charge is 0.462 e. The number of ketones is 1. The first kappa shape index (κ1) is 21.6. The Bertz CT molecular complexity index is 1120. The molecule has 9 heteroatoms. The molecule has 0 unspecified atom stereocenters. The third kappa shape index (κ3) is 4.25. The molecule has 8 nitrogen and oxygen atoms in total. The number of hydrogen-bond acceptors (Lipinski definition) is 7. The molecule has 158 valence electrons. The summed E-state index contributed by atoms with van der Waals surface area (Å²) in [7, 11) is 0. The Morgan fingerprint density at radius 3 is 2.60 bits per heavy atom. The lowest BCUT2D eigenvalue weighted by Crippen LogP contribution is -2.18. The second-order valence-electron chi connectivity index (χ2n) is 6.48. The predicted molar refractivity (Wildman–Crippen MR) is 114 cm³/mol. The Labute approximate surface area is 178 Å². The zero-order chi connectivity index (χ0) is 21.8. The van der Waals surface area contributed by atoms with E-state index in [-0.39, 0.29) is 46.8 Å². The van der Waals surface area contributed by atoms with Crippen LogP contribution >= 0.6 is 11.8 Å². The smallest absolute Gasteiger partial charge is 0.344 e. The fourth-order valence-corrected chi connectivity index (χ4v) is 4.10. The molecule has 0 saturated carbocycles. The van der Waals surface area contributed by atoms with E-state index in [1.807, 2.05) is 35.8 Å². The number of carbonyl (C=O) groups excluding carboxylic acids is 3. The van der Waals surface area contributed by atoms with E-state index in [2.05, 4.69) is 10.3 Å². The van der Waals surface area contributed by atoms with Crippen LogP contribution in [0.3, 0.4) is 0 Å². The molecule has 1 aromatic carbocycles. The molecule has 0 aliphatic rings. The summed E-state index contributed by atoms with van der Waals surface area (Å²) in [5.41, 5.74) is 1.92. The molecule has 2 aromatic heterocycles. The van der Waals surface area contributed by atoms with Crippen LogP contribution in [0.2, 0.25) is 0 Å². The van der Waals surface area contributed by atoms with E-state index in [9.17, 15) is 14.4 Å². The number of amides is 1. The van der Waals surface area contributed by atoms with Crippen LogP contribution in [-0.4, -0.2) is 39.6 Å². The number of rotatable bonds is 8. The SMILES string of the molecule is CCOC(=O)c1c(NC(=O)CSc2nc3ccccc3n2CC)oc(C)c1C(C)=O. The predicted octanol–water partition coefficient (Wildman–Crippen LogP) is 4.07. The highest BCUT2D eigenvalue weighted by molar-refractivity contribution is 7.99. The van der Waals surface area contributed by atoms with Crippen molar-refractivity contribution in [3.05, 3.63) is 41.2 Å². The monoisotopic (exact) mass is 429 g/mol. The zero-order valence-corrected chi connectivity index (χ0v) is 18.1. The summed E-state index contributed by atoms with van der Waals surface area (Å²) in [5, 5.41) is 3.31. The molecule has 3 aromatic rings. The maximum atomic E-state index is 12.6. The first-order chi connectivity index (χ1) is 14.4. The van der Waals surface area contributed by atoms with Crippen LogP contribution in [0.5, 0.6) is 0 Å². The zero-order valence-electron chi connectivity index (χ0n) is 17.3. The van der Waals surface area contributed by atoms with Crippen molar-refractivity contribution in [1.29, 1.82) is 0 Å². The number of aromatic nitrogens is 2. The van der Waals surface area contributed by atoms with Gasteiger partial charge in [-0.3, -0.25) is 14.9 Å². The molecule has 2 heterocycles. The fraction of sp³-hybridized carbons (Fsp3) is 0.333. The van der Waals surface area contributed by atoms with Gasteiger partial charge in [-0.15, -0.1) is 0 Å². The third-order valence-electron chi connectivity index (χ3n) is 4.44. The van der Waals surface area contributed by atoms with Crippen LogP contribution in [-0.2, 0) is 16.1 Å². The van der Waals surface area contributed by atoms with Gasteiger partial charge in [0.15, 0.2) is 10.9 Å². The van der Waals surface area contributed by atoms with E-state index in [0.29, 0.717) is 0 Å². The Hall–Kier alpha value is -3.07.